The Labute approximate surface area is 99.4 Å². The molecule has 17 heavy (non-hydrogen) atoms. The molecule has 0 bridgehead atoms. The first-order valence-electron chi connectivity index (χ1n) is 5.79. The fraction of sp³-hybridized carbons (Fsp3) is 0.417. The zero-order valence-corrected chi connectivity index (χ0v) is 9.71. The number of rotatable bonds is 4. The zero-order valence-electron chi connectivity index (χ0n) is 9.71. The minimum absolute atomic E-state index is 0.424. The van der Waals surface area contributed by atoms with E-state index in [9.17, 15) is 0 Å². The average molecular weight is 230 g/mol. The molecule has 1 aromatic carbocycles. The van der Waals surface area contributed by atoms with Gasteiger partial charge in [0.2, 0.25) is 0 Å². The number of hydrogen-bond acceptors (Lipinski definition) is 4. The second kappa shape index (κ2) is 4.16. The monoisotopic (exact) mass is 230 g/mol. The molecule has 0 spiro atoms. The van der Waals surface area contributed by atoms with Gasteiger partial charge in [-0.15, -0.1) is 5.10 Å². The maximum Gasteiger partial charge on any atom is 0.189 e. The van der Waals surface area contributed by atoms with Crippen molar-refractivity contribution in [3.8, 4) is 5.75 Å². The predicted octanol–water partition coefficient (Wildman–Crippen LogP) is 1.90. The van der Waals surface area contributed by atoms with Gasteiger partial charge in [0.05, 0.1) is 6.04 Å². The van der Waals surface area contributed by atoms with Gasteiger partial charge in [0.15, 0.2) is 5.82 Å². The Kier molecular flexibility index (Phi) is 2.51. The summed E-state index contributed by atoms with van der Waals surface area (Å²) in [4.78, 5) is 0. The Morgan fingerprint density at radius 3 is 3.06 bits per heavy atom. The fourth-order valence-electron chi connectivity index (χ4n) is 1.76. The molecule has 0 atom stereocenters. The molecule has 0 radical (unpaired) electrons. The molecule has 1 aliphatic rings. The number of aryl methyl sites for hydroxylation is 1. The van der Waals surface area contributed by atoms with Gasteiger partial charge in [0.25, 0.3) is 0 Å². The van der Waals surface area contributed by atoms with E-state index in [2.05, 4.69) is 15.5 Å². The first-order valence-corrected chi connectivity index (χ1v) is 5.79. The Bertz CT molecular complexity index is 519. The third-order valence-electron chi connectivity index (χ3n) is 2.81. The molecule has 5 heteroatoms. The van der Waals surface area contributed by atoms with Crippen molar-refractivity contribution in [2.45, 2.75) is 32.4 Å². The molecule has 88 valence electrons. The van der Waals surface area contributed by atoms with Gasteiger partial charge >= 0.3 is 0 Å². The molecule has 2 aromatic rings. The third-order valence-corrected chi connectivity index (χ3v) is 2.81. The summed E-state index contributed by atoms with van der Waals surface area (Å²) in [5, 5.41) is 11.7. The van der Waals surface area contributed by atoms with Crippen molar-refractivity contribution in [3.63, 3.8) is 0 Å². The van der Waals surface area contributed by atoms with Crippen LogP contribution < -0.4 is 4.74 Å². The fourth-order valence-corrected chi connectivity index (χ4v) is 1.76. The summed E-state index contributed by atoms with van der Waals surface area (Å²) in [5.41, 5.74) is 1.18. The summed E-state index contributed by atoms with van der Waals surface area (Å²) in [6.07, 6.45) is 2.34. The lowest BCUT2D eigenvalue weighted by molar-refractivity contribution is 0.286. The molecule has 1 saturated carbocycles. The molecule has 1 aliphatic carbocycles. The standard InChI is InChI=1S/C12H14N4O/c1-9-3-2-4-11(7-9)17-8-12-13-14-15-16(12)10-5-6-10/h2-4,7,10H,5-6,8H2,1H3. The molecular weight excluding hydrogens is 216 g/mol. The number of ether oxygens (including phenoxy) is 1. The smallest absolute Gasteiger partial charge is 0.189 e. The second-order valence-corrected chi connectivity index (χ2v) is 4.38. The van der Waals surface area contributed by atoms with E-state index in [4.69, 9.17) is 4.74 Å². The SMILES string of the molecule is Cc1cccc(OCc2nnnn2C2CC2)c1. The average Bonchev–Trinajstić information content (AvgIpc) is 3.06. The van der Waals surface area contributed by atoms with Crippen LogP contribution in [0.4, 0.5) is 0 Å². The maximum absolute atomic E-state index is 5.69. The lowest BCUT2D eigenvalue weighted by Gasteiger charge is -2.06. The second-order valence-electron chi connectivity index (χ2n) is 4.38. The van der Waals surface area contributed by atoms with Crippen LogP contribution in [-0.4, -0.2) is 20.2 Å². The Hall–Kier alpha value is -1.91. The van der Waals surface area contributed by atoms with E-state index in [0.29, 0.717) is 12.6 Å². The Balaban J connectivity index is 1.69. The number of aromatic nitrogens is 4. The molecule has 0 N–H and O–H groups in total. The Morgan fingerprint density at radius 1 is 1.41 bits per heavy atom. The normalized spacial score (nSPS) is 14.9. The van der Waals surface area contributed by atoms with E-state index in [0.717, 1.165) is 11.6 Å². The highest BCUT2D eigenvalue weighted by Crippen LogP contribution is 2.34. The van der Waals surface area contributed by atoms with Gasteiger partial charge in [-0.25, -0.2) is 4.68 Å². The number of benzene rings is 1. The van der Waals surface area contributed by atoms with E-state index >= 15 is 0 Å². The number of tetrazole rings is 1. The predicted molar refractivity (Wildman–Crippen MR) is 61.6 cm³/mol. The largest absolute Gasteiger partial charge is 0.486 e. The van der Waals surface area contributed by atoms with Crippen LogP contribution in [0.5, 0.6) is 5.75 Å². The van der Waals surface area contributed by atoms with Gasteiger partial charge in [0, 0.05) is 0 Å². The van der Waals surface area contributed by atoms with Gasteiger partial charge < -0.3 is 4.74 Å². The highest BCUT2D eigenvalue weighted by Gasteiger charge is 2.27. The van der Waals surface area contributed by atoms with Crippen molar-refractivity contribution in [2.75, 3.05) is 0 Å². The highest BCUT2D eigenvalue weighted by molar-refractivity contribution is 5.27. The minimum atomic E-state index is 0.424. The van der Waals surface area contributed by atoms with Crippen LogP contribution in [0, 0.1) is 6.92 Å². The molecule has 1 fully saturated rings. The first kappa shape index (κ1) is 10.3. The molecule has 1 heterocycles. The molecule has 5 nitrogen and oxygen atoms in total. The van der Waals surface area contributed by atoms with E-state index in [-0.39, 0.29) is 0 Å². The summed E-state index contributed by atoms with van der Waals surface area (Å²) < 4.78 is 7.56. The molecule has 0 unspecified atom stereocenters. The van der Waals surface area contributed by atoms with Crippen molar-refractivity contribution >= 4 is 0 Å². The first-order chi connectivity index (χ1) is 8.33. The van der Waals surface area contributed by atoms with E-state index in [1.165, 1.54) is 18.4 Å². The van der Waals surface area contributed by atoms with Crippen molar-refractivity contribution in [2.24, 2.45) is 0 Å². The topological polar surface area (TPSA) is 52.8 Å². The van der Waals surface area contributed by atoms with Crippen LogP contribution in [0.3, 0.4) is 0 Å². The summed E-state index contributed by atoms with van der Waals surface area (Å²) in [6, 6.07) is 8.46. The van der Waals surface area contributed by atoms with Crippen molar-refractivity contribution in [1.29, 1.82) is 0 Å². The third kappa shape index (κ3) is 2.27. The molecular formula is C12H14N4O. The summed E-state index contributed by atoms with van der Waals surface area (Å²) in [6.45, 7) is 2.47. The summed E-state index contributed by atoms with van der Waals surface area (Å²) in [5.74, 6) is 1.66. The van der Waals surface area contributed by atoms with Gasteiger partial charge in [0.1, 0.15) is 12.4 Å². The Morgan fingerprint density at radius 2 is 2.29 bits per heavy atom. The molecule has 0 saturated heterocycles. The zero-order chi connectivity index (χ0) is 11.7. The highest BCUT2D eigenvalue weighted by atomic mass is 16.5. The van der Waals surface area contributed by atoms with Crippen molar-refractivity contribution < 1.29 is 4.74 Å². The summed E-state index contributed by atoms with van der Waals surface area (Å²) >= 11 is 0. The van der Waals surface area contributed by atoms with Gasteiger partial charge in [-0.1, -0.05) is 12.1 Å². The van der Waals surface area contributed by atoms with E-state index in [1.807, 2.05) is 35.9 Å². The maximum atomic E-state index is 5.69. The number of nitrogens with zero attached hydrogens (tertiary/aromatic N) is 4. The molecule has 0 aliphatic heterocycles. The van der Waals surface area contributed by atoms with Gasteiger partial charge in [-0.05, 0) is 47.9 Å². The lowest BCUT2D eigenvalue weighted by Crippen LogP contribution is -2.07. The van der Waals surface area contributed by atoms with Crippen LogP contribution in [-0.2, 0) is 6.61 Å². The van der Waals surface area contributed by atoms with Crippen LogP contribution in [0.25, 0.3) is 0 Å². The van der Waals surface area contributed by atoms with Crippen molar-refractivity contribution in [3.05, 3.63) is 35.7 Å². The number of hydrogen-bond donors (Lipinski definition) is 0. The van der Waals surface area contributed by atoms with E-state index in [1.54, 1.807) is 0 Å². The van der Waals surface area contributed by atoms with Crippen LogP contribution >= 0.6 is 0 Å². The van der Waals surface area contributed by atoms with Crippen molar-refractivity contribution in [1.82, 2.24) is 20.2 Å². The van der Waals surface area contributed by atoms with E-state index < -0.39 is 0 Å². The van der Waals surface area contributed by atoms with Gasteiger partial charge in [-0.3, -0.25) is 0 Å². The lowest BCUT2D eigenvalue weighted by atomic mass is 10.2. The molecule has 3 rings (SSSR count). The van der Waals surface area contributed by atoms with Crippen LogP contribution in [0.1, 0.15) is 30.3 Å². The quantitative estimate of drug-likeness (QED) is 0.805. The summed E-state index contributed by atoms with van der Waals surface area (Å²) in [7, 11) is 0. The van der Waals surface area contributed by atoms with Crippen LogP contribution in [0.15, 0.2) is 24.3 Å². The van der Waals surface area contributed by atoms with Crippen LogP contribution in [0.2, 0.25) is 0 Å². The molecule has 0 amide bonds. The minimum Gasteiger partial charge on any atom is -0.486 e. The molecule has 1 aromatic heterocycles. The van der Waals surface area contributed by atoms with Gasteiger partial charge in [-0.2, -0.15) is 0 Å².